The molecule has 72 heavy (non-hydrogen) atoms. The number of unbranched alkanes of at least 4 members (excludes halogenated alkanes) is 6. The second-order valence-electron chi connectivity index (χ2n) is 18.0. The van der Waals surface area contributed by atoms with Gasteiger partial charge >= 0.3 is 12.1 Å². The van der Waals surface area contributed by atoms with Gasteiger partial charge in [0.25, 0.3) is 0 Å². The van der Waals surface area contributed by atoms with Crippen molar-refractivity contribution in [1.29, 1.82) is 0 Å². The summed E-state index contributed by atoms with van der Waals surface area (Å²) in [7, 11) is 3.24. The highest BCUT2D eigenvalue weighted by Crippen LogP contribution is 2.43. The Bertz CT molecular complexity index is 2560. The smallest absolute Gasteiger partial charge is 0.471 e. The zero-order valence-electron chi connectivity index (χ0n) is 40.7. The largest absolute Gasteiger partial charge is 0.497 e. The van der Waals surface area contributed by atoms with E-state index in [1.807, 2.05) is 84.2 Å². The summed E-state index contributed by atoms with van der Waals surface area (Å²) in [5.74, 6) is -1.20. The van der Waals surface area contributed by atoms with E-state index < -0.39 is 36.0 Å². The predicted molar refractivity (Wildman–Crippen MR) is 268 cm³/mol. The van der Waals surface area contributed by atoms with E-state index in [4.69, 9.17) is 18.9 Å². The molecule has 0 spiro atoms. The Hall–Kier alpha value is -6.75. The van der Waals surface area contributed by atoms with Gasteiger partial charge in [-0.3, -0.25) is 19.2 Å². The van der Waals surface area contributed by atoms with Gasteiger partial charge < -0.3 is 45.3 Å². The van der Waals surface area contributed by atoms with Crippen molar-refractivity contribution in [2.45, 2.75) is 94.3 Å². The lowest BCUT2D eigenvalue weighted by atomic mass is 9.80. The van der Waals surface area contributed by atoms with Crippen molar-refractivity contribution < 1.29 is 56.4 Å². The summed E-state index contributed by atoms with van der Waals surface area (Å²) in [6, 6.07) is 35.6. The molecule has 2 aliphatic rings. The minimum Gasteiger partial charge on any atom is -0.497 e. The normalized spacial score (nSPS) is 16.4. The first-order valence-electron chi connectivity index (χ1n) is 24.6. The molecule has 0 bridgehead atoms. The molecule has 7 rings (SSSR count). The minimum absolute atomic E-state index is 0.0506. The van der Waals surface area contributed by atoms with Crippen molar-refractivity contribution in [2.75, 3.05) is 57.6 Å². The van der Waals surface area contributed by atoms with Gasteiger partial charge in [0.15, 0.2) is 11.6 Å². The number of ketones is 2. The van der Waals surface area contributed by atoms with Crippen LogP contribution in [0.25, 0.3) is 0 Å². The first-order valence-corrected chi connectivity index (χ1v) is 24.6. The molecule has 5 N–H and O–H groups in total. The number of hydrogen-bond donors (Lipinski definition) is 5. The van der Waals surface area contributed by atoms with Crippen LogP contribution in [0.4, 0.5) is 24.5 Å². The molecule has 382 valence electrons. The number of carbonyl (C=O) groups excluding carboxylic acids is 4. The van der Waals surface area contributed by atoms with Crippen LogP contribution in [0.3, 0.4) is 0 Å². The van der Waals surface area contributed by atoms with E-state index in [0.717, 1.165) is 42.4 Å². The lowest BCUT2D eigenvalue weighted by Gasteiger charge is -2.37. The van der Waals surface area contributed by atoms with Gasteiger partial charge in [0, 0.05) is 55.1 Å². The number of fused-ring (bicyclic) bond motifs is 2. The molecular weight excluding hydrogens is 930 g/mol. The number of amides is 2. The molecule has 2 amide bonds. The summed E-state index contributed by atoms with van der Waals surface area (Å²) in [6.07, 6.45) is -0.790. The SMILES string of the molecule is COc1ccc(C(OC[C@H]2O[C@@H](CC(=O)NCCCCCCNc3cccc4c3C(=O)c3cccc(NCCCCCCNC(=O)C(F)(F)F)c3C4=O)C[C@@H]2O)(c2ccccc2)c2ccc(OC)cc2)cc1. The first-order chi connectivity index (χ1) is 34.8. The Balaban J connectivity index is 0.831. The van der Waals surface area contributed by atoms with Crippen molar-refractivity contribution in [3.8, 4) is 11.5 Å². The number of halogens is 3. The van der Waals surface area contributed by atoms with E-state index in [1.165, 1.54) is 0 Å². The van der Waals surface area contributed by atoms with E-state index >= 15 is 0 Å². The van der Waals surface area contributed by atoms with E-state index in [1.54, 1.807) is 50.6 Å². The van der Waals surface area contributed by atoms with Crippen LogP contribution in [0, 0.1) is 0 Å². The molecule has 0 aromatic heterocycles. The number of anilines is 2. The molecule has 1 heterocycles. The van der Waals surface area contributed by atoms with E-state index in [2.05, 4.69) is 16.0 Å². The fraction of sp³-hybridized carbons (Fsp3) is 0.393. The number of carbonyl (C=O) groups is 4. The maximum absolute atomic E-state index is 13.9. The monoisotopic (exact) mass is 992 g/mol. The summed E-state index contributed by atoms with van der Waals surface area (Å²) < 4.78 is 61.2. The van der Waals surface area contributed by atoms with Gasteiger partial charge in [-0.2, -0.15) is 13.2 Å². The van der Waals surface area contributed by atoms with E-state index in [9.17, 15) is 37.5 Å². The molecule has 13 nitrogen and oxygen atoms in total. The number of benzene rings is 5. The number of ether oxygens (including phenoxy) is 4. The molecule has 1 aliphatic heterocycles. The van der Waals surface area contributed by atoms with Gasteiger partial charge in [-0.1, -0.05) is 105 Å². The van der Waals surface area contributed by atoms with Crippen LogP contribution in [-0.2, 0) is 24.7 Å². The Labute approximate surface area is 418 Å². The number of nitrogens with one attached hydrogen (secondary N) is 4. The van der Waals surface area contributed by atoms with Gasteiger partial charge in [0.2, 0.25) is 5.91 Å². The van der Waals surface area contributed by atoms with Crippen LogP contribution in [0.5, 0.6) is 11.5 Å². The third kappa shape index (κ3) is 13.0. The maximum atomic E-state index is 13.9. The van der Waals surface area contributed by atoms with Crippen LogP contribution in [0.2, 0.25) is 0 Å². The molecule has 1 saturated heterocycles. The highest BCUT2D eigenvalue weighted by molar-refractivity contribution is 6.31. The first kappa shape index (κ1) is 53.1. The van der Waals surface area contributed by atoms with E-state index in [0.29, 0.717) is 96.9 Å². The molecule has 1 fully saturated rings. The van der Waals surface area contributed by atoms with Crippen LogP contribution >= 0.6 is 0 Å². The Morgan fingerprint density at radius 3 is 1.57 bits per heavy atom. The summed E-state index contributed by atoms with van der Waals surface area (Å²) in [5, 5.41) is 22.7. The lowest BCUT2D eigenvalue weighted by Crippen LogP contribution is -2.38. The van der Waals surface area contributed by atoms with Gasteiger partial charge in [0.05, 0.1) is 50.6 Å². The third-order valence-electron chi connectivity index (χ3n) is 13.1. The van der Waals surface area contributed by atoms with Crippen molar-refractivity contribution in [3.05, 3.63) is 154 Å². The molecule has 5 aromatic rings. The number of methoxy groups -OCH3 is 2. The van der Waals surface area contributed by atoms with Gasteiger partial charge in [-0.25, -0.2) is 0 Å². The molecule has 0 saturated carbocycles. The fourth-order valence-corrected chi connectivity index (χ4v) is 9.38. The predicted octanol–water partition coefficient (Wildman–Crippen LogP) is 9.14. The summed E-state index contributed by atoms with van der Waals surface area (Å²) >= 11 is 0. The highest BCUT2D eigenvalue weighted by Gasteiger charge is 2.42. The lowest BCUT2D eigenvalue weighted by molar-refractivity contribution is -0.173. The molecule has 5 aromatic carbocycles. The maximum Gasteiger partial charge on any atom is 0.471 e. The number of alkyl halides is 3. The summed E-state index contributed by atoms with van der Waals surface area (Å²) in [6.45, 7) is 1.55. The molecule has 0 radical (unpaired) electrons. The topological polar surface area (TPSA) is 174 Å². The standard InChI is InChI=1S/C56H63F3N4O9/c1-69-40-26-22-38(23-27-40)55(37-16-8-7-9-17-37,39-24-28-41(70-2)29-25-39)71-36-48-47(64)34-42(72-48)35-49(65)62-32-12-5-3-10-30-60-45-20-14-18-43-50(45)52(66)44-19-15-21-46(51(44)53(43)67)61-31-11-4-6-13-33-63-54(68)56(57,58)59/h7-9,14-29,42,47-48,60-61,64H,3-6,10-13,30-36H2,1-2H3,(H,62,65)(H,63,68)/t42-,47+,48-/m1/s1. The highest BCUT2D eigenvalue weighted by atomic mass is 19.4. The quantitative estimate of drug-likeness (QED) is 0.0259. The Kier molecular flexibility index (Phi) is 18.5. The molecule has 0 unspecified atom stereocenters. The zero-order chi connectivity index (χ0) is 51.1. The molecular formula is C56H63F3N4O9. The Morgan fingerprint density at radius 1 is 0.611 bits per heavy atom. The molecule has 16 heteroatoms. The second-order valence-corrected chi connectivity index (χ2v) is 18.0. The summed E-state index contributed by atoms with van der Waals surface area (Å²) in [5.41, 5.74) is 3.93. The van der Waals surface area contributed by atoms with Crippen molar-refractivity contribution >= 4 is 34.8 Å². The van der Waals surface area contributed by atoms with Crippen molar-refractivity contribution in [3.63, 3.8) is 0 Å². The van der Waals surface area contributed by atoms with Gasteiger partial charge in [-0.15, -0.1) is 0 Å². The van der Waals surface area contributed by atoms with Gasteiger partial charge in [-0.05, 0) is 78.8 Å². The van der Waals surface area contributed by atoms with Crippen LogP contribution in [-0.4, -0.2) is 100.0 Å². The third-order valence-corrected chi connectivity index (χ3v) is 13.1. The number of aliphatic hydroxyl groups excluding tert-OH is 1. The summed E-state index contributed by atoms with van der Waals surface area (Å²) in [4.78, 5) is 51.7. The number of aliphatic hydroxyl groups is 1. The second kappa shape index (κ2) is 25.1. The fourth-order valence-electron chi connectivity index (χ4n) is 9.38. The zero-order valence-corrected chi connectivity index (χ0v) is 40.7. The minimum atomic E-state index is -4.89. The van der Waals surface area contributed by atoms with Crippen LogP contribution in [0.1, 0.15) is 113 Å². The average molecular weight is 993 g/mol. The number of hydrogen-bond acceptors (Lipinski definition) is 11. The number of rotatable bonds is 26. The Morgan fingerprint density at radius 2 is 1.08 bits per heavy atom. The molecule has 1 aliphatic carbocycles. The molecule has 3 atom stereocenters. The van der Waals surface area contributed by atoms with Crippen molar-refractivity contribution in [1.82, 2.24) is 10.6 Å². The van der Waals surface area contributed by atoms with Crippen LogP contribution < -0.4 is 30.7 Å². The van der Waals surface area contributed by atoms with Gasteiger partial charge in [0.1, 0.15) is 23.2 Å². The van der Waals surface area contributed by atoms with Crippen molar-refractivity contribution in [2.24, 2.45) is 0 Å². The van der Waals surface area contributed by atoms with Crippen LogP contribution in [0.15, 0.2) is 115 Å². The average Bonchev–Trinajstić information content (AvgIpc) is 3.74. The van der Waals surface area contributed by atoms with E-state index in [-0.39, 0.29) is 37.0 Å².